The van der Waals surface area contributed by atoms with Gasteiger partial charge in [-0.05, 0) is 19.1 Å². The Balaban J connectivity index is 1.84. The van der Waals surface area contributed by atoms with Gasteiger partial charge < -0.3 is 5.32 Å². The molecule has 1 N–H and O–H groups in total. The number of hydrogen-bond acceptors (Lipinski definition) is 5. The van der Waals surface area contributed by atoms with Crippen LogP contribution in [0.25, 0.3) is 0 Å². The van der Waals surface area contributed by atoms with Crippen molar-refractivity contribution in [1.82, 2.24) is 10.2 Å². The molecule has 1 amide bonds. The molecular weight excluding hydrogens is 304 g/mol. The fourth-order valence-corrected chi connectivity index (χ4v) is 2.99. The van der Waals surface area contributed by atoms with Crippen LogP contribution < -0.4 is 5.32 Å². The van der Waals surface area contributed by atoms with Crippen molar-refractivity contribution in [2.75, 3.05) is 11.1 Å². The monoisotopic (exact) mass is 315 g/mol. The number of alkyl halides is 2. The number of thioether (sulfide) groups is 1. The van der Waals surface area contributed by atoms with Gasteiger partial charge in [0.2, 0.25) is 5.91 Å². The van der Waals surface area contributed by atoms with Gasteiger partial charge in [0.1, 0.15) is 5.01 Å². The molecule has 4 nitrogen and oxygen atoms in total. The summed E-state index contributed by atoms with van der Waals surface area (Å²) in [5.74, 6) is -0.0155. The van der Waals surface area contributed by atoms with E-state index in [1.165, 1.54) is 47.4 Å². The predicted octanol–water partition coefficient (Wildman–Crippen LogP) is 3.51. The summed E-state index contributed by atoms with van der Waals surface area (Å²) in [5, 5.41) is 11.2. The second kappa shape index (κ2) is 6.76. The van der Waals surface area contributed by atoms with E-state index in [4.69, 9.17) is 0 Å². The van der Waals surface area contributed by atoms with Crippen LogP contribution in [0.1, 0.15) is 17.0 Å². The molecule has 0 aliphatic heterocycles. The Morgan fingerprint density at radius 1 is 1.35 bits per heavy atom. The molecule has 0 bridgehead atoms. The number of aryl methyl sites for hydroxylation is 1. The van der Waals surface area contributed by atoms with Crippen LogP contribution in [0, 0.1) is 6.92 Å². The van der Waals surface area contributed by atoms with E-state index in [9.17, 15) is 13.6 Å². The zero-order valence-electron chi connectivity index (χ0n) is 10.5. The lowest BCUT2D eigenvalue weighted by Gasteiger charge is -2.05. The molecule has 2 aromatic rings. The smallest absolute Gasteiger partial charge is 0.263 e. The molecule has 0 atom stereocenters. The lowest BCUT2D eigenvalue weighted by molar-refractivity contribution is -0.113. The van der Waals surface area contributed by atoms with E-state index in [1.54, 1.807) is 0 Å². The van der Waals surface area contributed by atoms with Crippen LogP contribution in [0.5, 0.6) is 0 Å². The minimum atomic E-state index is -2.50. The number of nitrogens with zero attached hydrogens (tertiary/aromatic N) is 2. The number of halogens is 2. The van der Waals surface area contributed by atoms with Crippen LogP contribution in [-0.2, 0) is 4.79 Å². The average Bonchev–Trinajstić information content (AvgIpc) is 2.83. The van der Waals surface area contributed by atoms with Crippen LogP contribution in [-0.4, -0.2) is 21.9 Å². The molecule has 8 heteroatoms. The summed E-state index contributed by atoms with van der Waals surface area (Å²) in [6, 6.07) is 5.50. The number of anilines is 1. The SMILES string of the molecule is Cc1nnc(SCC(=O)Nc2ccc(C(F)F)cc2)s1. The van der Waals surface area contributed by atoms with Crippen molar-refractivity contribution in [3.63, 3.8) is 0 Å². The fourth-order valence-electron chi connectivity index (χ4n) is 1.37. The summed E-state index contributed by atoms with van der Waals surface area (Å²) in [6.45, 7) is 1.84. The lowest BCUT2D eigenvalue weighted by atomic mass is 10.2. The molecule has 0 aliphatic rings. The molecule has 0 saturated carbocycles. The third-order valence-electron chi connectivity index (χ3n) is 2.28. The first-order chi connectivity index (χ1) is 9.54. The topological polar surface area (TPSA) is 54.9 Å². The Morgan fingerprint density at radius 2 is 2.05 bits per heavy atom. The van der Waals surface area contributed by atoms with Crippen molar-refractivity contribution in [3.05, 3.63) is 34.8 Å². The average molecular weight is 315 g/mol. The highest BCUT2D eigenvalue weighted by atomic mass is 32.2. The van der Waals surface area contributed by atoms with Gasteiger partial charge in [-0.25, -0.2) is 8.78 Å². The van der Waals surface area contributed by atoms with Gasteiger partial charge in [0.25, 0.3) is 6.43 Å². The Labute approximate surface area is 122 Å². The third kappa shape index (κ3) is 4.24. The van der Waals surface area contributed by atoms with Gasteiger partial charge in [-0.1, -0.05) is 35.2 Å². The van der Waals surface area contributed by atoms with E-state index in [2.05, 4.69) is 15.5 Å². The molecule has 106 valence electrons. The van der Waals surface area contributed by atoms with Gasteiger partial charge in [-0.2, -0.15) is 0 Å². The van der Waals surface area contributed by atoms with Crippen LogP contribution in [0.4, 0.5) is 14.5 Å². The highest BCUT2D eigenvalue weighted by molar-refractivity contribution is 8.01. The van der Waals surface area contributed by atoms with E-state index in [1.807, 2.05) is 6.92 Å². The summed E-state index contributed by atoms with van der Waals surface area (Å²) in [7, 11) is 0. The molecule has 20 heavy (non-hydrogen) atoms. The molecule has 0 spiro atoms. The van der Waals surface area contributed by atoms with Crippen molar-refractivity contribution in [2.45, 2.75) is 17.7 Å². The highest BCUT2D eigenvalue weighted by Gasteiger charge is 2.09. The van der Waals surface area contributed by atoms with Gasteiger partial charge in [-0.3, -0.25) is 4.79 Å². The Bertz CT molecular complexity index is 587. The van der Waals surface area contributed by atoms with E-state index in [0.29, 0.717) is 5.69 Å². The van der Waals surface area contributed by atoms with Gasteiger partial charge >= 0.3 is 0 Å². The van der Waals surface area contributed by atoms with Crippen molar-refractivity contribution < 1.29 is 13.6 Å². The zero-order chi connectivity index (χ0) is 14.5. The standard InChI is InChI=1S/C12H11F2N3OS2/c1-7-16-17-12(20-7)19-6-10(18)15-9-4-2-8(3-5-9)11(13)14/h2-5,11H,6H2,1H3,(H,15,18). The normalized spacial score (nSPS) is 10.8. The first kappa shape index (κ1) is 14.9. The zero-order valence-corrected chi connectivity index (χ0v) is 12.1. The van der Waals surface area contributed by atoms with Gasteiger partial charge in [-0.15, -0.1) is 10.2 Å². The van der Waals surface area contributed by atoms with E-state index >= 15 is 0 Å². The lowest BCUT2D eigenvalue weighted by Crippen LogP contribution is -2.13. The first-order valence-corrected chi connectivity index (χ1v) is 7.45. The van der Waals surface area contributed by atoms with Crippen molar-refractivity contribution in [2.24, 2.45) is 0 Å². The van der Waals surface area contributed by atoms with Crippen LogP contribution in [0.3, 0.4) is 0 Å². The second-order valence-electron chi connectivity index (χ2n) is 3.85. The number of carbonyl (C=O) groups excluding carboxylic acids is 1. The van der Waals surface area contributed by atoms with Crippen LogP contribution in [0.15, 0.2) is 28.6 Å². The van der Waals surface area contributed by atoms with Gasteiger partial charge in [0.15, 0.2) is 4.34 Å². The maximum absolute atomic E-state index is 12.4. The summed E-state index contributed by atoms with van der Waals surface area (Å²) in [6.07, 6.45) is -2.50. The third-order valence-corrected chi connectivity index (χ3v) is 4.25. The minimum absolute atomic E-state index is 0.0679. The van der Waals surface area contributed by atoms with Crippen molar-refractivity contribution >= 4 is 34.7 Å². The second-order valence-corrected chi connectivity index (χ2v) is 6.25. The summed E-state index contributed by atoms with van der Waals surface area (Å²) in [4.78, 5) is 11.7. The predicted molar refractivity (Wildman–Crippen MR) is 75.4 cm³/mol. The number of rotatable bonds is 5. The van der Waals surface area contributed by atoms with Crippen LogP contribution in [0.2, 0.25) is 0 Å². The molecule has 0 unspecified atom stereocenters. The Morgan fingerprint density at radius 3 is 2.60 bits per heavy atom. The largest absolute Gasteiger partial charge is 0.325 e. The number of aromatic nitrogens is 2. The Kier molecular flexibility index (Phi) is 5.02. The van der Waals surface area contributed by atoms with E-state index < -0.39 is 6.43 Å². The van der Waals surface area contributed by atoms with E-state index in [0.717, 1.165) is 9.35 Å². The number of hydrogen-bond donors (Lipinski definition) is 1. The number of amides is 1. The first-order valence-electron chi connectivity index (χ1n) is 5.65. The van der Waals surface area contributed by atoms with Crippen molar-refractivity contribution in [1.29, 1.82) is 0 Å². The molecule has 1 aromatic carbocycles. The summed E-state index contributed by atoms with van der Waals surface area (Å²) >= 11 is 2.71. The number of carbonyl (C=O) groups is 1. The highest BCUT2D eigenvalue weighted by Crippen LogP contribution is 2.23. The molecule has 2 rings (SSSR count). The minimum Gasteiger partial charge on any atom is -0.325 e. The molecule has 0 radical (unpaired) electrons. The molecular formula is C12H11F2N3OS2. The van der Waals surface area contributed by atoms with Gasteiger partial charge in [0.05, 0.1) is 5.75 Å². The summed E-state index contributed by atoms with van der Waals surface area (Å²) in [5.41, 5.74) is 0.426. The maximum Gasteiger partial charge on any atom is 0.263 e. The maximum atomic E-state index is 12.4. The number of nitrogens with one attached hydrogen (secondary N) is 1. The molecule has 1 aromatic heterocycles. The van der Waals surface area contributed by atoms with E-state index in [-0.39, 0.29) is 17.2 Å². The summed E-state index contributed by atoms with van der Waals surface area (Å²) < 4.78 is 25.5. The molecule has 1 heterocycles. The number of benzene rings is 1. The molecule has 0 saturated heterocycles. The van der Waals surface area contributed by atoms with Crippen LogP contribution >= 0.6 is 23.1 Å². The molecule has 0 fully saturated rings. The fraction of sp³-hybridized carbons (Fsp3) is 0.250. The van der Waals surface area contributed by atoms with Crippen molar-refractivity contribution in [3.8, 4) is 0 Å². The molecule has 0 aliphatic carbocycles. The Hall–Kier alpha value is -1.54. The quantitative estimate of drug-likeness (QED) is 0.858. The van der Waals surface area contributed by atoms with Gasteiger partial charge in [0, 0.05) is 11.3 Å².